The summed E-state index contributed by atoms with van der Waals surface area (Å²) < 4.78 is 6.40. The molecule has 1 aromatic carbocycles. The fraction of sp³-hybridized carbons (Fsp3) is 0.167. The van der Waals surface area contributed by atoms with Crippen LogP contribution in [-0.4, -0.2) is 9.97 Å². The molecule has 3 nitrogen and oxygen atoms in total. The minimum Gasteiger partial charge on any atom is -0.441 e. The molecular weight excluding hydrogens is 252 g/mol. The van der Waals surface area contributed by atoms with Gasteiger partial charge >= 0.3 is 0 Å². The van der Waals surface area contributed by atoms with E-state index in [1.54, 1.807) is 11.3 Å². The first-order valence-corrected chi connectivity index (χ1v) is 6.44. The van der Waals surface area contributed by atoms with Gasteiger partial charge in [0.1, 0.15) is 10.5 Å². The normalized spacial score (nSPS) is 11.2. The molecule has 2 aromatic heterocycles. The number of hydrogen-bond donors (Lipinski definition) is 1. The van der Waals surface area contributed by atoms with Gasteiger partial charge < -0.3 is 4.42 Å². The number of nitrogens with zero attached hydrogens (tertiary/aromatic N) is 2. The Morgan fingerprint density at radius 1 is 1.24 bits per heavy atom. The number of benzene rings is 1. The Labute approximate surface area is 108 Å². The lowest BCUT2D eigenvalue weighted by Crippen LogP contribution is -1.77. The van der Waals surface area contributed by atoms with Gasteiger partial charge in [0.2, 0.25) is 0 Å². The van der Waals surface area contributed by atoms with Crippen molar-refractivity contribution in [1.29, 1.82) is 0 Å². The predicted octanol–water partition coefficient (Wildman–Crippen LogP) is 3.86. The van der Waals surface area contributed by atoms with Crippen LogP contribution >= 0.6 is 24.0 Å². The molecule has 17 heavy (non-hydrogen) atoms. The van der Waals surface area contributed by atoms with Crippen LogP contribution < -0.4 is 0 Å². The summed E-state index contributed by atoms with van der Waals surface area (Å²) in [5, 5.41) is 0.968. The maximum absolute atomic E-state index is 5.44. The summed E-state index contributed by atoms with van der Waals surface area (Å²) in [7, 11) is 0. The zero-order valence-corrected chi connectivity index (χ0v) is 11.1. The monoisotopic (exact) mass is 262 g/mol. The Morgan fingerprint density at radius 3 is 2.76 bits per heavy atom. The van der Waals surface area contributed by atoms with Gasteiger partial charge in [0.05, 0.1) is 9.90 Å². The Bertz CT molecular complexity index is 680. The van der Waals surface area contributed by atoms with E-state index >= 15 is 0 Å². The largest absolute Gasteiger partial charge is 0.441 e. The van der Waals surface area contributed by atoms with Crippen molar-refractivity contribution in [3.8, 4) is 10.6 Å². The quantitative estimate of drug-likeness (QED) is 0.677. The van der Waals surface area contributed by atoms with Gasteiger partial charge in [0, 0.05) is 12.5 Å². The lowest BCUT2D eigenvalue weighted by atomic mass is 10.2. The lowest BCUT2D eigenvalue weighted by molar-refractivity contribution is 0.561. The topological polar surface area (TPSA) is 38.9 Å². The van der Waals surface area contributed by atoms with E-state index in [1.807, 2.05) is 32.0 Å². The Hall–Kier alpha value is -1.33. The number of oxazole rings is 1. The highest BCUT2D eigenvalue weighted by molar-refractivity contribution is 7.83. The molecule has 3 rings (SSSR count). The third kappa shape index (κ3) is 1.85. The van der Waals surface area contributed by atoms with E-state index in [9.17, 15) is 0 Å². The second-order valence-corrected chi connectivity index (χ2v) is 5.57. The van der Waals surface area contributed by atoms with E-state index in [0.29, 0.717) is 5.89 Å². The van der Waals surface area contributed by atoms with Crippen molar-refractivity contribution in [3.05, 3.63) is 29.8 Å². The van der Waals surface area contributed by atoms with Gasteiger partial charge in [0.25, 0.3) is 0 Å². The van der Waals surface area contributed by atoms with Crippen LogP contribution in [0.1, 0.15) is 11.6 Å². The molecule has 0 unspecified atom stereocenters. The van der Waals surface area contributed by atoms with Gasteiger partial charge in [0.15, 0.2) is 11.5 Å². The van der Waals surface area contributed by atoms with Crippen molar-refractivity contribution < 1.29 is 4.42 Å². The van der Waals surface area contributed by atoms with Gasteiger partial charge in [-0.25, -0.2) is 9.97 Å². The van der Waals surface area contributed by atoms with Crippen molar-refractivity contribution in [2.24, 2.45) is 0 Å². The van der Waals surface area contributed by atoms with Gasteiger partial charge in [-0.15, -0.1) is 24.0 Å². The Morgan fingerprint density at radius 2 is 2.06 bits per heavy atom. The number of rotatable bonds is 1. The van der Waals surface area contributed by atoms with Crippen LogP contribution in [0.25, 0.3) is 21.7 Å². The molecule has 0 aliphatic rings. The summed E-state index contributed by atoms with van der Waals surface area (Å²) in [6.45, 7) is 3.81. The maximum atomic E-state index is 5.44. The smallest absolute Gasteiger partial charge is 0.192 e. The molecule has 0 N–H and O–H groups in total. The molecule has 0 atom stereocenters. The van der Waals surface area contributed by atoms with E-state index in [-0.39, 0.29) is 0 Å². The summed E-state index contributed by atoms with van der Waals surface area (Å²) in [4.78, 5) is 8.80. The standard InChI is InChI=1S/C12H10N2OS2/c1-6-12(16)17-11(13-6)8-3-4-10-9(5-8)14-7(2)15-10/h3-5,16H,1-2H3. The first kappa shape index (κ1) is 10.8. The zero-order chi connectivity index (χ0) is 12.0. The molecule has 0 radical (unpaired) electrons. The average Bonchev–Trinajstić information content (AvgIpc) is 2.80. The Kier molecular flexibility index (Phi) is 2.45. The second-order valence-electron chi connectivity index (χ2n) is 3.82. The van der Waals surface area contributed by atoms with Crippen molar-refractivity contribution in [1.82, 2.24) is 9.97 Å². The minimum absolute atomic E-state index is 0.683. The van der Waals surface area contributed by atoms with Gasteiger partial charge in [-0.05, 0) is 25.1 Å². The van der Waals surface area contributed by atoms with Gasteiger partial charge in [-0.3, -0.25) is 0 Å². The number of fused-ring (bicyclic) bond motifs is 1. The van der Waals surface area contributed by atoms with Gasteiger partial charge in [-0.2, -0.15) is 0 Å². The molecule has 2 heterocycles. The molecular formula is C12H10N2OS2. The number of aryl methyl sites for hydroxylation is 2. The van der Waals surface area contributed by atoms with E-state index in [2.05, 4.69) is 22.6 Å². The summed E-state index contributed by atoms with van der Waals surface area (Å²) in [5.41, 5.74) is 3.70. The predicted molar refractivity (Wildman–Crippen MR) is 71.8 cm³/mol. The number of thiazole rings is 1. The van der Waals surface area contributed by atoms with Crippen LogP contribution in [0.4, 0.5) is 0 Å². The summed E-state index contributed by atoms with van der Waals surface area (Å²) in [5.74, 6) is 0.683. The van der Waals surface area contributed by atoms with Crippen LogP contribution in [0.2, 0.25) is 0 Å². The molecule has 0 amide bonds. The highest BCUT2D eigenvalue weighted by Crippen LogP contribution is 2.31. The number of aromatic nitrogens is 2. The molecule has 0 bridgehead atoms. The highest BCUT2D eigenvalue weighted by atomic mass is 32.2. The number of thiol groups is 1. The number of hydrogen-bond acceptors (Lipinski definition) is 5. The molecule has 0 aliphatic carbocycles. The first-order valence-electron chi connectivity index (χ1n) is 5.17. The molecule has 0 spiro atoms. The zero-order valence-electron chi connectivity index (χ0n) is 9.39. The van der Waals surface area contributed by atoms with Gasteiger partial charge in [-0.1, -0.05) is 0 Å². The molecule has 0 fully saturated rings. The third-order valence-electron chi connectivity index (χ3n) is 2.51. The highest BCUT2D eigenvalue weighted by Gasteiger charge is 2.09. The second kappa shape index (κ2) is 3.85. The maximum Gasteiger partial charge on any atom is 0.192 e. The van der Waals surface area contributed by atoms with E-state index in [4.69, 9.17) is 4.42 Å². The van der Waals surface area contributed by atoms with Crippen LogP contribution in [-0.2, 0) is 0 Å². The van der Waals surface area contributed by atoms with Crippen molar-refractivity contribution >= 4 is 35.1 Å². The summed E-state index contributed by atoms with van der Waals surface area (Å²) in [6, 6.07) is 5.93. The van der Waals surface area contributed by atoms with E-state index in [1.165, 1.54) is 0 Å². The molecule has 3 aromatic rings. The fourth-order valence-electron chi connectivity index (χ4n) is 1.69. The third-order valence-corrected chi connectivity index (χ3v) is 4.12. The average molecular weight is 262 g/mol. The first-order chi connectivity index (χ1) is 8.13. The van der Waals surface area contributed by atoms with Crippen molar-refractivity contribution in [2.45, 2.75) is 18.1 Å². The lowest BCUT2D eigenvalue weighted by Gasteiger charge is -1.94. The fourth-order valence-corrected chi connectivity index (χ4v) is 2.80. The van der Waals surface area contributed by atoms with Crippen LogP contribution in [0.5, 0.6) is 0 Å². The SMILES string of the molecule is Cc1nc2cc(-c3nc(C)c(S)s3)ccc2o1. The molecule has 0 saturated heterocycles. The van der Waals surface area contributed by atoms with E-state index < -0.39 is 0 Å². The van der Waals surface area contributed by atoms with E-state index in [0.717, 1.165) is 31.6 Å². The van der Waals surface area contributed by atoms with Crippen LogP contribution in [0.3, 0.4) is 0 Å². The van der Waals surface area contributed by atoms with Crippen LogP contribution in [0.15, 0.2) is 26.8 Å². The van der Waals surface area contributed by atoms with Crippen molar-refractivity contribution in [2.75, 3.05) is 0 Å². The molecule has 5 heteroatoms. The van der Waals surface area contributed by atoms with Crippen LogP contribution in [0, 0.1) is 13.8 Å². The summed E-state index contributed by atoms with van der Waals surface area (Å²) >= 11 is 5.95. The molecule has 0 aliphatic heterocycles. The molecule has 86 valence electrons. The van der Waals surface area contributed by atoms with Crippen molar-refractivity contribution in [3.63, 3.8) is 0 Å². The molecule has 0 saturated carbocycles. The Balaban J connectivity index is 2.16. The minimum atomic E-state index is 0.683. The summed E-state index contributed by atoms with van der Waals surface area (Å²) in [6.07, 6.45) is 0.